The van der Waals surface area contributed by atoms with Crippen molar-refractivity contribution in [3.05, 3.63) is 6.20 Å². The Morgan fingerprint density at radius 3 is 2.76 bits per heavy atom. The number of piperazine rings is 1. The third-order valence-electron chi connectivity index (χ3n) is 3.11. The van der Waals surface area contributed by atoms with E-state index in [1.165, 1.54) is 4.90 Å². The van der Waals surface area contributed by atoms with Crippen LogP contribution in [-0.2, 0) is 7.05 Å². The lowest BCUT2D eigenvalue weighted by atomic mass is 10.2. The molecule has 1 aliphatic rings. The molecule has 17 heavy (non-hydrogen) atoms. The summed E-state index contributed by atoms with van der Waals surface area (Å²) in [6, 6.07) is -0.0458. The van der Waals surface area contributed by atoms with Gasteiger partial charge in [-0.25, -0.2) is 4.79 Å². The number of hydrogen-bond acceptors (Lipinski definition) is 4. The molecule has 1 unspecified atom stereocenters. The average Bonchev–Trinajstić information content (AvgIpc) is 2.58. The number of aryl methyl sites for hydroxylation is 1. The molecule has 0 aliphatic carbocycles. The van der Waals surface area contributed by atoms with Gasteiger partial charge in [0.05, 0.1) is 11.9 Å². The van der Waals surface area contributed by atoms with E-state index < -0.39 is 6.09 Å². The molecule has 7 heteroatoms. The van der Waals surface area contributed by atoms with Crippen LogP contribution < -0.4 is 10.6 Å². The third kappa shape index (κ3) is 2.00. The highest BCUT2D eigenvalue weighted by atomic mass is 16.4. The van der Waals surface area contributed by atoms with Crippen molar-refractivity contribution in [1.82, 2.24) is 14.7 Å². The quantitative estimate of drug-likeness (QED) is 0.730. The van der Waals surface area contributed by atoms with Crippen LogP contribution >= 0.6 is 0 Å². The van der Waals surface area contributed by atoms with Gasteiger partial charge in [-0.2, -0.15) is 5.10 Å². The van der Waals surface area contributed by atoms with E-state index in [0.717, 1.165) is 5.82 Å². The second kappa shape index (κ2) is 4.15. The summed E-state index contributed by atoms with van der Waals surface area (Å²) >= 11 is 0. The van der Waals surface area contributed by atoms with Gasteiger partial charge in [0, 0.05) is 32.7 Å². The average molecular weight is 239 g/mol. The molecule has 1 aromatic rings. The van der Waals surface area contributed by atoms with Crippen LogP contribution in [-0.4, -0.2) is 51.6 Å². The summed E-state index contributed by atoms with van der Waals surface area (Å²) in [6.45, 7) is 3.66. The molecule has 0 bridgehead atoms. The van der Waals surface area contributed by atoms with Crippen molar-refractivity contribution in [1.29, 1.82) is 0 Å². The number of hydrogen-bond donors (Lipinski definition) is 2. The van der Waals surface area contributed by atoms with Crippen LogP contribution in [0.3, 0.4) is 0 Å². The first-order valence-electron chi connectivity index (χ1n) is 5.52. The summed E-state index contributed by atoms with van der Waals surface area (Å²) in [7, 11) is 1.83. The van der Waals surface area contributed by atoms with E-state index in [4.69, 9.17) is 10.8 Å². The minimum atomic E-state index is -0.866. The Balaban J connectivity index is 2.15. The minimum Gasteiger partial charge on any atom is -0.465 e. The van der Waals surface area contributed by atoms with Crippen molar-refractivity contribution >= 4 is 17.6 Å². The van der Waals surface area contributed by atoms with Crippen molar-refractivity contribution in [2.24, 2.45) is 7.05 Å². The van der Waals surface area contributed by atoms with E-state index in [1.54, 1.807) is 10.9 Å². The number of nitrogens with two attached hydrogens (primary N) is 1. The molecule has 0 aromatic carbocycles. The van der Waals surface area contributed by atoms with E-state index >= 15 is 0 Å². The molecule has 94 valence electrons. The van der Waals surface area contributed by atoms with Crippen molar-refractivity contribution < 1.29 is 9.90 Å². The van der Waals surface area contributed by atoms with E-state index in [9.17, 15) is 4.79 Å². The number of nitrogen functional groups attached to an aromatic ring is 1. The normalized spacial score (nSPS) is 20.7. The lowest BCUT2D eigenvalue weighted by Gasteiger charge is -2.39. The molecule has 0 radical (unpaired) electrons. The summed E-state index contributed by atoms with van der Waals surface area (Å²) in [4.78, 5) is 14.5. The summed E-state index contributed by atoms with van der Waals surface area (Å²) in [5.74, 6) is 0.863. The predicted molar refractivity (Wildman–Crippen MR) is 64.0 cm³/mol. The predicted octanol–water partition coefficient (Wildman–Crippen LogP) is 0.191. The van der Waals surface area contributed by atoms with E-state index in [0.29, 0.717) is 25.3 Å². The van der Waals surface area contributed by atoms with Crippen molar-refractivity contribution in [3.63, 3.8) is 0 Å². The van der Waals surface area contributed by atoms with Crippen LogP contribution in [0.4, 0.5) is 16.3 Å². The SMILES string of the molecule is CC1CN(c2c(N)cnn2C)CCN1C(=O)O. The summed E-state index contributed by atoms with van der Waals surface area (Å²) in [5, 5.41) is 13.1. The number of amides is 1. The van der Waals surface area contributed by atoms with Crippen molar-refractivity contribution in [3.8, 4) is 0 Å². The largest absolute Gasteiger partial charge is 0.465 e. The van der Waals surface area contributed by atoms with E-state index in [-0.39, 0.29) is 6.04 Å². The fraction of sp³-hybridized carbons (Fsp3) is 0.600. The van der Waals surface area contributed by atoms with Gasteiger partial charge in [-0.05, 0) is 6.92 Å². The standard InChI is InChI=1S/C10H17N5O2/c1-7-6-14(3-4-15(7)10(16)17)9-8(11)5-12-13(9)2/h5,7H,3-4,6,11H2,1-2H3,(H,16,17). The number of nitrogens with zero attached hydrogens (tertiary/aromatic N) is 4. The zero-order chi connectivity index (χ0) is 12.6. The Morgan fingerprint density at radius 1 is 1.59 bits per heavy atom. The van der Waals surface area contributed by atoms with Gasteiger partial charge in [-0.3, -0.25) is 4.68 Å². The Kier molecular flexibility index (Phi) is 2.83. The summed E-state index contributed by atoms with van der Waals surface area (Å²) in [5.41, 5.74) is 6.49. The molecule has 0 saturated carbocycles. The maximum Gasteiger partial charge on any atom is 0.407 e. The summed E-state index contributed by atoms with van der Waals surface area (Å²) < 4.78 is 1.72. The second-order valence-corrected chi connectivity index (χ2v) is 4.32. The van der Waals surface area contributed by atoms with Gasteiger partial charge >= 0.3 is 6.09 Å². The number of aromatic nitrogens is 2. The van der Waals surface area contributed by atoms with E-state index in [2.05, 4.69) is 10.00 Å². The third-order valence-corrected chi connectivity index (χ3v) is 3.11. The van der Waals surface area contributed by atoms with Crippen LogP contribution in [0.5, 0.6) is 0 Å². The van der Waals surface area contributed by atoms with Crippen LogP contribution in [0.1, 0.15) is 6.92 Å². The fourth-order valence-electron chi connectivity index (χ4n) is 2.27. The zero-order valence-electron chi connectivity index (χ0n) is 10.00. The first kappa shape index (κ1) is 11.6. The first-order chi connectivity index (χ1) is 8.00. The Labute approximate surface area is 99.4 Å². The van der Waals surface area contributed by atoms with Gasteiger partial charge in [-0.1, -0.05) is 0 Å². The summed E-state index contributed by atoms with van der Waals surface area (Å²) in [6.07, 6.45) is 0.749. The Hall–Kier alpha value is -1.92. The topological polar surface area (TPSA) is 87.6 Å². The lowest BCUT2D eigenvalue weighted by molar-refractivity contribution is 0.122. The molecule has 1 aromatic heterocycles. The lowest BCUT2D eigenvalue weighted by Crippen LogP contribution is -2.54. The smallest absolute Gasteiger partial charge is 0.407 e. The van der Waals surface area contributed by atoms with Gasteiger partial charge in [0.1, 0.15) is 5.82 Å². The highest BCUT2D eigenvalue weighted by molar-refractivity contribution is 5.67. The van der Waals surface area contributed by atoms with Crippen LogP contribution in [0.15, 0.2) is 6.20 Å². The molecule has 0 spiro atoms. The van der Waals surface area contributed by atoms with Gasteiger partial charge in [0.25, 0.3) is 0 Å². The number of rotatable bonds is 1. The number of carboxylic acid groups (broad SMARTS) is 1. The number of carbonyl (C=O) groups is 1. The monoisotopic (exact) mass is 239 g/mol. The first-order valence-corrected chi connectivity index (χ1v) is 5.52. The zero-order valence-corrected chi connectivity index (χ0v) is 10.00. The van der Waals surface area contributed by atoms with Crippen molar-refractivity contribution in [2.75, 3.05) is 30.3 Å². The molecular weight excluding hydrogens is 222 g/mol. The van der Waals surface area contributed by atoms with Crippen molar-refractivity contribution in [2.45, 2.75) is 13.0 Å². The maximum atomic E-state index is 11.0. The van der Waals surface area contributed by atoms with Crippen LogP contribution in [0, 0.1) is 0 Å². The van der Waals surface area contributed by atoms with Crippen LogP contribution in [0.25, 0.3) is 0 Å². The second-order valence-electron chi connectivity index (χ2n) is 4.32. The molecule has 7 nitrogen and oxygen atoms in total. The molecule has 1 saturated heterocycles. The fourth-order valence-corrected chi connectivity index (χ4v) is 2.27. The molecule has 1 aliphatic heterocycles. The highest BCUT2D eigenvalue weighted by Gasteiger charge is 2.29. The van der Waals surface area contributed by atoms with Gasteiger partial charge < -0.3 is 20.6 Å². The number of anilines is 2. The molecule has 3 N–H and O–H groups in total. The molecule has 1 atom stereocenters. The van der Waals surface area contributed by atoms with E-state index in [1.807, 2.05) is 14.0 Å². The van der Waals surface area contributed by atoms with Gasteiger partial charge in [0.2, 0.25) is 0 Å². The molecule has 2 rings (SSSR count). The minimum absolute atomic E-state index is 0.0458. The molecule has 1 amide bonds. The van der Waals surface area contributed by atoms with Crippen LogP contribution in [0.2, 0.25) is 0 Å². The molecule has 1 fully saturated rings. The Bertz CT molecular complexity index is 411. The van der Waals surface area contributed by atoms with Gasteiger partial charge in [0.15, 0.2) is 0 Å². The Morgan fingerprint density at radius 2 is 2.29 bits per heavy atom. The molecular formula is C10H17N5O2. The maximum absolute atomic E-state index is 11.0. The van der Waals surface area contributed by atoms with Gasteiger partial charge in [-0.15, -0.1) is 0 Å². The highest BCUT2D eigenvalue weighted by Crippen LogP contribution is 2.24. The molecule has 2 heterocycles.